The summed E-state index contributed by atoms with van der Waals surface area (Å²) >= 11 is 0. The lowest BCUT2D eigenvalue weighted by Crippen LogP contribution is -2.50. The van der Waals surface area contributed by atoms with Gasteiger partial charge in [-0.1, -0.05) is 13.8 Å². The number of hydrogen-bond donors (Lipinski definition) is 1. The second-order valence-corrected chi connectivity index (χ2v) is 7.30. The Morgan fingerprint density at radius 1 is 1.45 bits per heavy atom. The van der Waals surface area contributed by atoms with Gasteiger partial charge >= 0.3 is 0 Å². The smallest absolute Gasteiger partial charge is 0.260 e. The van der Waals surface area contributed by atoms with E-state index in [1.165, 1.54) is 21.3 Å². The summed E-state index contributed by atoms with van der Waals surface area (Å²) in [4.78, 5) is 0. The van der Waals surface area contributed by atoms with E-state index in [1.807, 2.05) is 13.8 Å². The van der Waals surface area contributed by atoms with Crippen LogP contribution < -0.4 is 0 Å². The van der Waals surface area contributed by atoms with Crippen LogP contribution >= 0.6 is 0 Å². The van der Waals surface area contributed by atoms with Crippen molar-refractivity contribution in [2.24, 2.45) is 0 Å². The summed E-state index contributed by atoms with van der Waals surface area (Å²) in [5.41, 5.74) is -0.902. The van der Waals surface area contributed by atoms with Gasteiger partial charge in [-0.2, -0.15) is 9.40 Å². The van der Waals surface area contributed by atoms with Crippen LogP contribution in [-0.2, 0) is 16.6 Å². The number of nitrogens with zero attached hydrogens (tertiary/aromatic N) is 3. The molecule has 0 saturated carbocycles. The van der Waals surface area contributed by atoms with Crippen molar-refractivity contribution in [3.63, 3.8) is 0 Å². The third-order valence-electron chi connectivity index (χ3n) is 3.90. The van der Waals surface area contributed by atoms with Gasteiger partial charge in [0.15, 0.2) is 5.03 Å². The van der Waals surface area contributed by atoms with Crippen LogP contribution in [0.5, 0.6) is 0 Å². The van der Waals surface area contributed by atoms with E-state index in [1.54, 1.807) is 0 Å². The molecule has 2 rings (SSSR count). The minimum Gasteiger partial charge on any atom is -0.389 e. The zero-order valence-electron chi connectivity index (χ0n) is 12.1. The quantitative estimate of drug-likeness (QED) is 0.887. The van der Waals surface area contributed by atoms with Gasteiger partial charge in [-0.25, -0.2) is 8.42 Å². The fraction of sp³-hybridized carbons (Fsp3) is 0.769. The second kappa shape index (κ2) is 5.83. The zero-order valence-corrected chi connectivity index (χ0v) is 12.9. The van der Waals surface area contributed by atoms with E-state index in [0.29, 0.717) is 32.4 Å². The van der Waals surface area contributed by atoms with Crippen molar-refractivity contribution >= 4 is 10.0 Å². The third kappa shape index (κ3) is 2.89. The Kier molecular flexibility index (Phi) is 4.51. The van der Waals surface area contributed by atoms with Crippen LogP contribution in [0.15, 0.2) is 17.3 Å². The zero-order chi connectivity index (χ0) is 14.8. The molecule has 2 heterocycles. The van der Waals surface area contributed by atoms with Crippen molar-refractivity contribution < 1.29 is 13.5 Å². The molecule has 1 fully saturated rings. The Balaban J connectivity index is 2.28. The van der Waals surface area contributed by atoms with Gasteiger partial charge < -0.3 is 5.11 Å². The van der Waals surface area contributed by atoms with Crippen molar-refractivity contribution in [1.29, 1.82) is 0 Å². The number of sulfonamides is 1. The number of hydrogen-bond acceptors (Lipinski definition) is 4. The van der Waals surface area contributed by atoms with E-state index in [0.717, 1.165) is 6.42 Å². The van der Waals surface area contributed by atoms with Crippen molar-refractivity contribution in [2.75, 3.05) is 13.1 Å². The highest BCUT2D eigenvalue weighted by atomic mass is 32.2. The molecule has 6 nitrogen and oxygen atoms in total. The molecule has 1 saturated heterocycles. The average molecular weight is 301 g/mol. The first-order chi connectivity index (χ1) is 9.43. The van der Waals surface area contributed by atoms with Gasteiger partial charge in [-0.05, 0) is 31.7 Å². The van der Waals surface area contributed by atoms with Crippen LogP contribution in [0.3, 0.4) is 0 Å². The first kappa shape index (κ1) is 15.5. The Morgan fingerprint density at radius 2 is 2.20 bits per heavy atom. The molecule has 1 aliphatic heterocycles. The molecule has 1 N–H and O–H groups in total. The summed E-state index contributed by atoms with van der Waals surface area (Å²) in [5, 5.41) is 14.6. The molecule has 20 heavy (non-hydrogen) atoms. The summed E-state index contributed by atoms with van der Waals surface area (Å²) in [6, 6.07) is 1.53. The van der Waals surface area contributed by atoms with Crippen molar-refractivity contribution in [1.82, 2.24) is 14.1 Å². The fourth-order valence-corrected chi connectivity index (χ4v) is 4.30. The highest BCUT2D eigenvalue weighted by molar-refractivity contribution is 7.89. The standard InChI is InChI=1S/C13H23N3O3S/c1-3-9-16-12(6-8-14-16)20(18,19)15-10-5-7-13(17,4-2)11-15/h6,8,17H,3-5,7,9-11H2,1-2H3. The van der Waals surface area contributed by atoms with E-state index >= 15 is 0 Å². The summed E-state index contributed by atoms with van der Waals surface area (Å²) in [6.07, 6.45) is 4.24. The summed E-state index contributed by atoms with van der Waals surface area (Å²) in [5.74, 6) is 0. The minimum atomic E-state index is -3.58. The van der Waals surface area contributed by atoms with E-state index in [4.69, 9.17) is 0 Å². The van der Waals surface area contributed by atoms with Gasteiger partial charge in [0.1, 0.15) is 0 Å². The Morgan fingerprint density at radius 3 is 2.85 bits per heavy atom. The lowest BCUT2D eigenvalue weighted by Gasteiger charge is -2.37. The van der Waals surface area contributed by atoms with Gasteiger partial charge in [0.2, 0.25) is 0 Å². The molecule has 0 aliphatic carbocycles. The number of piperidine rings is 1. The topological polar surface area (TPSA) is 75.4 Å². The fourth-order valence-electron chi connectivity index (χ4n) is 2.62. The lowest BCUT2D eigenvalue weighted by atomic mass is 9.92. The molecule has 1 aromatic heterocycles. The number of aryl methyl sites for hydroxylation is 1. The molecular weight excluding hydrogens is 278 g/mol. The average Bonchev–Trinajstić information content (AvgIpc) is 2.88. The summed E-state index contributed by atoms with van der Waals surface area (Å²) in [6.45, 7) is 5.07. The SMILES string of the molecule is CCCn1nccc1S(=O)(=O)N1CCCC(O)(CC)C1. The second-order valence-electron chi connectivity index (χ2n) is 5.41. The van der Waals surface area contributed by atoms with E-state index in [2.05, 4.69) is 5.10 Å². The molecule has 114 valence electrons. The van der Waals surface area contributed by atoms with Crippen molar-refractivity contribution in [2.45, 2.75) is 56.7 Å². The van der Waals surface area contributed by atoms with Gasteiger partial charge in [-0.15, -0.1) is 0 Å². The maximum Gasteiger partial charge on any atom is 0.260 e. The predicted octanol–water partition coefficient (Wildman–Crippen LogP) is 1.22. The van der Waals surface area contributed by atoms with Crippen LogP contribution in [0.25, 0.3) is 0 Å². The normalized spacial score (nSPS) is 24.9. The van der Waals surface area contributed by atoms with Crippen molar-refractivity contribution in [3.05, 3.63) is 12.3 Å². The molecule has 0 spiro atoms. The van der Waals surface area contributed by atoms with E-state index < -0.39 is 15.6 Å². The van der Waals surface area contributed by atoms with Crippen molar-refractivity contribution in [3.8, 4) is 0 Å². The Hall–Kier alpha value is -0.920. The van der Waals surface area contributed by atoms with E-state index in [9.17, 15) is 13.5 Å². The van der Waals surface area contributed by atoms with Gasteiger partial charge in [0.05, 0.1) is 11.8 Å². The first-order valence-corrected chi connectivity index (χ1v) is 8.61. The molecule has 1 aliphatic rings. The van der Waals surface area contributed by atoms with Gasteiger partial charge in [0, 0.05) is 19.6 Å². The minimum absolute atomic E-state index is 0.170. The lowest BCUT2D eigenvalue weighted by molar-refractivity contribution is -0.0108. The van der Waals surface area contributed by atoms with Gasteiger partial charge in [-0.3, -0.25) is 4.68 Å². The summed E-state index contributed by atoms with van der Waals surface area (Å²) < 4.78 is 28.3. The van der Waals surface area contributed by atoms with Crippen LogP contribution in [0.2, 0.25) is 0 Å². The molecule has 1 aromatic rings. The van der Waals surface area contributed by atoms with Crippen LogP contribution in [0.1, 0.15) is 39.5 Å². The highest BCUT2D eigenvalue weighted by Crippen LogP contribution is 2.28. The largest absolute Gasteiger partial charge is 0.389 e. The van der Waals surface area contributed by atoms with Crippen LogP contribution in [0.4, 0.5) is 0 Å². The summed E-state index contributed by atoms with van der Waals surface area (Å²) in [7, 11) is -3.58. The third-order valence-corrected chi connectivity index (χ3v) is 5.76. The maximum atomic E-state index is 12.7. The number of rotatable bonds is 5. The molecule has 0 radical (unpaired) electrons. The molecule has 1 atom stereocenters. The monoisotopic (exact) mass is 301 g/mol. The molecule has 0 aromatic carbocycles. The Labute approximate surface area is 120 Å². The molecule has 7 heteroatoms. The first-order valence-electron chi connectivity index (χ1n) is 7.17. The van der Waals surface area contributed by atoms with Crippen LogP contribution in [0, 0.1) is 0 Å². The van der Waals surface area contributed by atoms with Gasteiger partial charge in [0.25, 0.3) is 10.0 Å². The maximum absolute atomic E-state index is 12.7. The molecular formula is C13H23N3O3S. The van der Waals surface area contributed by atoms with E-state index in [-0.39, 0.29) is 11.6 Å². The number of aliphatic hydroxyl groups is 1. The number of β-amino-alcohol motifs (C(OH)–C–C–N with tert-alkyl or cyclic N) is 1. The predicted molar refractivity (Wildman–Crippen MR) is 75.8 cm³/mol. The van der Waals surface area contributed by atoms with Crippen LogP contribution in [-0.4, -0.2) is 46.3 Å². The molecule has 0 bridgehead atoms. The highest BCUT2D eigenvalue weighted by Gasteiger charge is 2.38. The number of aromatic nitrogens is 2. The molecule has 1 unspecified atom stereocenters. The Bertz CT molecular complexity index is 555. The molecule has 0 amide bonds.